The van der Waals surface area contributed by atoms with Gasteiger partial charge in [-0.05, 0) is 70.2 Å². The average Bonchev–Trinajstić information content (AvgIpc) is 2.57. The van der Waals surface area contributed by atoms with Crippen LogP contribution in [0.1, 0.15) is 54.9 Å². The van der Waals surface area contributed by atoms with Crippen LogP contribution in [-0.4, -0.2) is 29.7 Å². The molecular formula is C19H31ClN2O3. The molecule has 1 unspecified atom stereocenters. The van der Waals surface area contributed by atoms with Gasteiger partial charge in [-0.25, -0.2) is 0 Å². The van der Waals surface area contributed by atoms with Crippen LogP contribution in [-0.2, 0) is 11.2 Å². The van der Waals surface area contributed by atoms with Gasteiger partial charge in [-0.1, -0.05) is 6.42 Å². The molecule has 1 amide bonds. The van der Waals surface area contributed by atoms with E-state index in [9.17, 15) is 9.90 Å². The van der Waals surface area contributed by atoms with Crippen LogP contribution in [0.4, 0.5) is 0 Å². The first-order chi connectivity index (χ1) is 11.3. The van der Waals surface area contributed by atoms with E-state index in [4.69, 9.17) is 10.5 Å². The number of rotatable bonds is 6. The lowest BCUT2D eigenvalue weighted by Crippen LogP contribution is -2.51. The van der Waals surface area contributed by atoms with Crippen molar-refractivity contribution < 1.29 is 14.6 Å². The van der Waals surface area contributed by atoms with Gasteiger partial charge >= 0.3 is 0 Å². The number of carbonyl (C=O) groups excluding carboxylic acids is 1. The van der Waals surface area contributed by atoms with Crippen LogP contribution in [0.25, 0.3) is 0 Å². The van der Waals surface area contributed by atoms with Crippen LogP contribution in [0.5, 0.6) is 11.5 Å². The second kappa shape index (κ2) is 8.77. The van der Waals surface area contributed by atoms with Crippen molar-refractivity contribution in [3.63, 3.8) is 0 Å². The number of unbranched alkanes of at least 4 members (excludes halogenated alkanes) is 2. The number of aromatic hydroxyl groups is 1. The average molecular weight is 371 g/mol. The topological polar surface area (TPSA) is 84.6 Å². The molecule has 5 nitrogen and oxygen atoms in total. The molecule has 1 aromatic rings. The van der Waals surface area contributed by atoms with Gasteiger partial charge in [0.15, 0.2) is 5.60 Å². The maximum atomic E-state index is 12.6. The van der Waals surface area contributed by atoms with E-state index >= 15 is 0 Å². The van der Waals surface area contributed by atoms with E-state index in [2.05, 4.69) is 5.32 Å². The van der Waals surface area contributed by atoms with Gasteiger partial charge in [0.25, 0.3) is 5.91 Å². The van der Waals surface area contributed by atoms with Crippen molar-refractivity contribution in [3.8, 4) is 11.5 Å². The van der Waals surface area contributed by atoms with Crippen LogP contribution in [0, 0.1) is 20.8 Å². The predicted octanol–water partition coefficient (Wildman–Crippen LogP) is 3.07. The van der Waals surface area contributed by atoms with Crippen LogP contribution in [0.15, 0.2) is 0 Å². The Morgan fingerprint density at radius 3 is 2.52 bits per heavy atom. The third kappa shape index (κ3) is 4.39. The zero-order valence-electron chi connectivity index (χ0n) is 15.7. The highest BCUT2D eigenvalue weighted by molar-refractivity contribution is 5.86. The van der Waals surface area contributed by atoms with Crippen molar-refractivity contribution in [1.82, 2.24) is 5.32 Å². The third-order valence-electron chi connectivity index (χ3n) is 5.17. The van der Waals surface area contributed by atoms with E-state index in [0.717, 1.165) is 53.7 Å². The molecule has 0 saturated carbocycles. The molecule has 142 valence electrons. The van der Waals surface area contributed by atoms with Crippen molar-refractivity contribution in [2.24, 2.45) is 5.73 Å². The number of hydrogen-bond donors (Lipinski definition) is 3. The predicted molar refractivity (Wildman–Crippen MR) is 103 cm³/mol. The van der Waals surface area contributed by atoms with Crippen molar-refractivity contribution in [1.29, 1.82) is 0 Å². The quantitative estimate of drug-likeness (QED) is 0.672. The number of phenols is 1. The lowest BCUT2D eigenvalue weighted by molar-refractivity contribution is -0.136. The van der Waals surface area contributed by atoms with Gasteiger partial charge in [0, 0.05) is 18.5 Å². The Labute approximate surface area is 156 Å². The van der Waals surface area contributed by atoms with E-state index in [-0.39, 0.29) is 18.3 Å². The molecule has 0 spiro atoms. The molecule has 0 saturated heterocycles. The summed E-state index contributed by atoms with van der Waals surface area (Å²) in [5.41, 5.74) is 8.22. The first-order valence-electron chi connectivity index (χ1n) is 8.80. The summed E-state index contributed by atoms with van der Waals surface area (Å²) in [7, 11) is 0. The molecule has 1 heterocycles. The van der Waals surface area contributed by atoms with Crippen LogP contribution in [0.3, 0.4) is 0 Å². The number of halogens is 1. The molecule has 0 radical (unpaired) electrons. The number of phenolic OH excluding ortho intramolecular Hbond substituents is 1. The fourth-order valence-corrected chi connectivity index (χ4v) is 3.24. The second-order valence-electron chi connectivity index (χ2n) is 6.97. The molecule has 0 aliphatic carbocycles. The highest BCUT2D eigenvalue weighted by Crippen LogP contribution is 2.43. The van der Waals surface area contributed by atoms with Crippen LogP contribution in [0.2, 0.25) is 0 Å². The molecule has 1 aromatic carbocycles. The number of nitrogens with one attached hydrogen (secondary N) is 1. The lowest BCUT2D eigenvalue weighted by Gasteiger charge is -2.36. The molecule has 0 fully saturated rings. The summed E-state index contributed by atoms with van der Waals surface area (Å²) in [6.07, 6.45) is 4.28. The zero-order valence-corrected chi connectivity index (χ0v) is 16.5. The van der Waals surface area contributed by atoms with Gasteiger partial charge < -0.3 is 20.9 Å². The highest BCUT2D eigenvalue weighted by atomic mass is 35.5. The summed E-state index contributed by atoms with van der Waals surface area (Å²) in [6.45, 7) is 8.91. The Balaban J connectivity index is 0.00000312. The third-order valence-corrected chi connectivity index (χ3v) is 5.17. The Bertz CT molecular complexity index is 634. The normalized spacial score (nSPS) is 18.8. The summed E-state index contributed by atoms with van der Waals surface area (Å²) in [4.78, 5) is 12.6. The monoisotopic (exact) mass is 370 g/mol. The van der Waals surface area contributed by atoms with E-state index in [1.54, 1.807) is 0 Å². The first-order valence-corrected chi connectivity index (χ1v) is 8.80. The minimum atomic E-state index is -0.860. The Morgan fingerprint density at radius 2 is 1.88 bits per heavy atom. The standard InChI is InChI=1S/C19H30N2O3.ClH/c1-12-13(2)17-15(14(3)16(12)22)8-9-19(4,24-17)18(23)21-11-7-5-6-10-20;/h22H,5-11,20H2,1-4H3,(H,21,23);1H. The van der Waals surface area contributed by atoms with Gasteiger partial charge in [-0.2, -0.15) is 0 Å². The van der Waals surface area contributed by atoms with Crippen LogP contribution >= 0.6 is 12.4 Å². The summed E-state index contributed by atoms with van der Waals surface area (Å²) in [5, 5.41) is 13.2. The van der Waals surface area contributed by atoms with E-state index < -0.39 is 5.60 Å². The van der Waals surface area contributed by atoms with Crippen molar-refractivity contribution >= 4 is 18.3 Å². The van der Waals surface area contributed by atoms with Crippen LogP contribution < -0.4 is 15.8 Å². The summed E-state index contributed by atoms with van der Waals surface area (Å²) >= 11 is 0. The number of hydrogen-bond acceptors (Lipinski definition) is 4. The molecule has 1 aliphatic heterocycles. The fraction of sp³-hybridized carbons (Fsp3) is 0.632. The van der Waals surface area contributed by atoms with Gasteiger partial charge in [-0.3, -0.25) is 4.79 Å². The SMILES string of the molecule is Cc1c(C)c2c(c(C)c1O)CCC(C)(C(=O)NCCCCCN)O2.Cl. The van der Waals surface area contributed by atoms with E-state index in [1.165, 1.54) is 0 Å². The maximum absolute atomic E-state index is 12.6. The summed E-state index contributed by atoms with van der Waals surface area (Å²) in [6, 6.07) is 0. The minimum Gasteiger partial charge on any atom is -0.507 e. The molecule has 6 heteroatoms. The lowest BCUT2D eigenvalue weighted by atomic mass is 9.86. The minimum absolute atomic E-state index is 0. The summed E-state index contributed by atoms with van der Waals surface area (Å²) in [5.74, 6) is 1.03. The number of carbonyl (C=O) groups is 1. The van der Waals surface area contributed by atoms with Gasteiger partial charge in [0.1, 0.15) is 11.5 Å². The van der Waals surface area contributed by atoms with E-state index in [1.807, 2.05) is 27.7 Å². The van der Waals surface area contributed by atoms with Crippen molar-refractivity contribution in [2.75, 3.05) is 13.1 Å². The first kappa shape index (κ1) is 21.6. The van der Waals surface area contributed by atoms with Crippen molar-refractivity contribution in [2.45, 2.75) is 65.4 Å². The Hall–Kier alpha value is -1.46. The van der Waals surface area contributed by atoms with E-state index in [0.29, 0.717) is 25.3 Å². The van der Waals surface area contributed by atoms with Crippen molar-refractivity contribution in [3.05, 3.63) is 22.3 Å². The van der Waals surface area contributed by atoms with Gasteiger partial charge in [0.05, 0.1) is 0 Å². The number of amides is 1. The molecule has 4 N–H and O–H groups in total. The number of nitrogens with two attached hydrogens (primary N) is 1. The van der Waals surface area contributed by atoms with Gasteiger partial charge in [0.2, 0.25) is 0 Å². The van der Waals surface area contributed by atoms with Gasteiger partial charge in [-0.15, -0.1) is 12.4 Å². The zero-order chi connectivity index (χ0) is 17.9. The molecule has 1 aliphatic rings. The fourth-order valence-electron chi connectivity index (χ4n) is 3.24. The molecule has 1 atom stereocenters. The molecule has 0 bridgehead atoms. The maximum Gasteiger partial charge on any atom is 0.263 e. The largest absolute Gasteiger partial charge is 0.507 e. The molecular weight excluding hydrogens is 340 g/mol. The second-order valence-corrected chi connectivity index (χ2v) is 6.97. The molecule has 2 rings (SSSR count). The smallest absolute Gasteiger partial charge is 0.263 e. The number of ether oxygens (including phenoxy) is 1. The summed E-state index contributed by atoms with van der Waals surface area (Å²) < 4.78 is 6.16. The molecule has 25 heavy (non-hydrogen) atoms. The number of benzene rings is 1. The Morgan fingerprint density at radius 1 is 1.20 bits per heavy atom. The molecule has 0 aromatic heterocycles. The Kier molecular flexibility index (Phi) is 7.57. The number of fused-ring (bicyclic) bond motifs is 1. The highest BCUT2D eigenvalue weighted by Gasteiger charge is 2.40.